The number of amides is 2. The van der Waals surface area contributed by atoms with Gasteiger partial charge in [0.1, 0.15) is 5.69 Å². The highest BCUT2D eigenvalue weighted by Gasteiger charge is 2.13. The minimum absolute atomic E-state index is 0.0724. The van der Waals surface area contributed by atoms with Gasteiger partial charge >= 0.3 is 6.03 Å². The number of pyridine rings is 1. The molecule has 0 aliphatic rings. The van der Waals surface area contributed by atoms with Crippen LogP contribution in [-0.2, 0) is 0 Å². The summed E-state index contributed by atoms with van der Waals surface area (Å²) in [6, 6.07) is 9.84. The van der Waals surface area contributed by atoms with Gasteiger partial charge in [0.05, 0.1) is 5.52 Å². The number of phenolic OH excluding ortho intramolecular Hbond substituents is 1. The summed E-state index contributed by atoms with van der Waals surface area (Å²) in [5.41, 5.74) is 5.83. The Hall–Kier alpha value is -3.02. The summed E-state index contributed by atoms with van der Waals surface area (Å²) in [5, 5.41) is 19.4. The molecule has 1 aromatic heterocycles. The van der Waals surface area contributed by atoms with Crippen LogP contribution in [0.3, 0.4) is 0 Å². The number of hydrogen-bond donors (Lipinski definition) is 2. The molecule has 0 aliphatic carbocycles. The van der Waals surface area contributed by atoms with Crippen LogP contribution in [0.1, 0.15) is 0 Å². The van der Waals surface area contributed by atoms with Gasteiger partial charge < -0.3 is 10.8 Å². The van der Waals surface area contributed by atoms with Crippen LogP contribution in [0.4, 0.5) is 10.5 Å². The van der Waals surface area contributed by atoms with Crippen LogP contribution >= 0.6 is 0 Å². The van der Waals surface area contributed by atoms with Crippen LogP contribution in [-0.4, -0.2) is 16.1 Å². The number of hydrogen-bond acceptors (Lipinski definition) is 4. The third kappa shape index (κ3) is 1.83. The molecule has 2 amide bonds. The Balaban J connectivity index is 2.47. The number of carbonyl (C=O) groups excluding carboxylic acids is 1. The Bertz CT molecular complexity index is 858. The number of nitrogens with two attached hydrogens (primary N) is 1. The number of phenols is 1. The third-order valence-corrected chi connectivity index (χ3v) is 2.97. The van der Waals surface area contributed by atoms with E-state index in [0.29, 0.717) is 16.3 Å². The zero-order valence-corrected chi connectivity index (χ0v) is 10.3. The molecule has 6 nitrogen and oxygen atoms in total. The number of nitrogens with zero attached hydrogens (tertiary/aromatic N) is 3. The molecule has 0 saturated carbocycles. The van der Waals surface area contributed by atoms with E-state index in [2.05, 4.69) is 15.2 Å². The lowest BCUT2D eigenvalue weighted by molar-refractivity contribution is 0.255. The molecule has 0 radical (unpaired) electrons. The maximum absolute atomic E-state index is 10.8. The molecule has 98 valence electrons. The van der Waals surface area contributed by atoms with Crippen molar-refractivity contribution in [2.45, 2.75) is 0 Å². The van der Waals surface area contributed by atoms with E-state index in [1.54, 1.807) is 30.5 Å². The zero-order valence-electron chi connectivity index (χ0n) is 10.3. The number of primary amides is 1. The maximum atomic E-state index is 10.8. The highest BCUT2D eigenvalue weighted by Crippen LogP contribution is 2.41. The van der Waals surface area contributed by atoms with E-state index in [1.807, 2.05) is 12.1 Å². The summed E-state index contributed by atoms with van der Waals surface area (Å²) in [6.07, 6.45) is 1.65. The number of aromatic hydroxyl groups is 1. The Morgan fingerprint density at radius 2 is 1.80 bits per heavy atom. The van der Waals surface area contributed by atoms with Crippen molar-refractivity contribution in [1.82, 2.24) is 4.98 Å². The van der Waals surface area contributed by atoms with E-state index in [9.17, 15) is 9.90 Å². The van der Waals surface area contributed by atoms with Crippen molar-refractivity contribution in [3.05, 3.63) is 42.6 Å². The van der Waals surface area contributed by atoms with Crippen molar-refractivity contribution in [1.29, 1.82) is 0 Å². The zero-order chi connectivity index (χ0) is 14.1. The van der Waals surface area contributed by atoms with Crippen LogP contribution in [0.25, 0.3) is 21.7 Å². The second-order valence-electron chi connectivity index (χ2n) is 4.18. The summed E-state index contributed by atoms with van der Waals surface area (Å²) in [5.74, 6) is -0.0724. The van der Waals surface area contributed by atoms with Crippen molar-refractivity contribution in [3.8, 4) is 5.75 Å². The second kappa shape index (κ2) is 4.58. The van der Waals surface area contributed by atoms with Gasteiger partial charge in [-0.2, -0.15) is 0 Å². The Morgan fingerprint density at radius 1 is 1.10 bits per heavy atom. The summed E-state index contributed by atoms with van der Waals surface area (Å²) in [6.45, 7) is 0. The first kappa shape index (κ1) is 12.0. The number of aromatic nitrogens is 1. The van der Waals surface area contributed by atoms with Gasteiger partial charge in [-0.05, 0) is 12.1 Å². The van der Waals surface area contributed by atoms with Gasteiger partial charge in [0.2, 0.25) is 0 Å². The van der Waals surface area contributed by atoms with Gasteiger partial charge in [0, 0.05) is 22.4 Å². The molecular weight excluding hydrogens is 256 g/mol. The van der Waals surface area contributed by atoms with Crippen LogP contribution in [0.5, 0.6) is 5.75 Å². The monoisotopic (exact) mass is 266 g/mol. The lowest BCUT2D eigenvalue weighted by Gasteiger charge is -2.08. The first-order chi connectivity index (χ1) is 9.68. The largest absolute Gasteiger partial charge is 0.505 e. The van der Waals surface area contributed by atoms with Crippen molar-refractivity contribution in [3.63, 3.8) is 0 Å². The number of urea groups is 1. The Labute approximate surface area is 113 Å². The Morgan fingerprint density at radius 3 is 2.55 bits per heavy atom. The van der Waals surface area contributed by atoms with Gasteiger partial charge in [0.15, 0.2) is 5.75 Å². The van der Waals surface area contributed by atoms with Crippen molar-refractivity contribution < 1.29 is 9.90 Å². The van der Waals surface area contributed by atoms with Gasteiger partial charge in [-0.3, -0.25) is 4.98 Å². The minimum atomic E-state index is -0.917. The third-order valence-electron chi connectivity index (χ3n) is 2.97. The van der Waals surface area contributed by atoms with E-state index in [4.69, 9.17) is 5.73 Å². The molecule has 0 aliphatic heterocycles. The number of fused-ring (bicyclic) bond motifs is 3. The second-order valence-corrected chi connectivity index (χ2v) is 4.18. The predicted molar refractivity (Wildman–Crippen MR) is 75.0 cm³/mol. The molecule has 20 heavy (non-hydrogen) atoms. The molecule has 0 bridgehead atoms. The summed E-state index contributed by atoms with van der Waals surface area (Å²) in [7, 11) is 0. The number of benzene rings is 2. The normalized spacial score (nSPS) is 11.4. The van der Waals surface area contributed by atoms with E-state index in [1.165, 1.54) is 0 Å². The van der Waals surface area contributed by atoms with Crippen molar-refractivity contribution in [2.75, 3.05) is 0 Å². The molecule has 3 N–H and O–H groups in total. The quantitative estimate of drug-likeness (QED) is 0.522. The van der Waals surface area contributed by atoms with Gasteiger partial charge in [-0.25, -0.2) is 4.79 Å². The molecule has 3 aromatic rings. The fraction of sp³-hybridized carbons (Fsp3) is 0. The molecule has 1 heterocycles. The molecule has 2 aromatic carbocycles. The van der Waals surface area contributed by atoms with E-state index < -0.39 is 6.03 Å². The number of rotatable bonds is 1. The fourth-order valence-electron chi connectivity index (χ4n) is 2.16. The Kier molecular flexibility index (Phi) is 2.76. The summed E-state index contributed by atoms with van der Waals surface area (Å²) >= 11 is 0. The molecule has 0 spiro atoms. The van der Waals surface area contributed by atoms with Crippen LogP contribution < -0.4 is 5.73 Å². The lowest BCUT2D eigenvalue weighted by Crippen LogP contribution is -2.01. The van der Waals surface area contributed by atoms with E-state index in [0.717, 1.165) is 5.39 Å². The molecule has 0 unspecified atom stereocenters. The highest BCUT2D eigenvalue weighted by molar-refractivity contribution is 6.14. The highest BCUT2D eigenvalue weighted by atomic mass is 16.3. The first-order valence-corrected chi connectivity index (χ1v) is 5.88. The number of azo groups is 1. The van der Waals surface area contributed by atoms with Gasteiger partial charge in [0.25, 0.3) is 0 Å². The molecule has 3 rings (SSSR count). The average Bonchev–Trinajstić information content (AvgIpc) is 2.47. The fourth-order valence-corrected chi connectivity index (χ4v) is 2.16. The topological polar surface area (TPSA) is 101 Å². The average molecular weight is 266 g/mol. The minimum Gasteiger partial charge on any atom is -0.505 e. The smallest absolute Gasteiger partial charge is 0.356 e. The molecule has 6 heteroatoms. The standard InChI is InChI=1S/C14H10N4O2/c15-14(20)18-17-12-9-5-2-1-4-8(9)11-10(13(12)19)6-3-7-16-11/h1-7,19H,(H2,15,20). The molecule has 0 saturated heterocycles. The van der Waals surface area contributed by atoms with Gasteiger partial charge in [-0.1, -0.05) is 29.4 Å². The van der Waals surface area contributed by atoms with Gasteiger partial charge in [-0.15, -0.1) is 5.11 Å². The molecule has 0 fully saturated rings. The van der Waals surface area contributed by atoms with Crippen LogP contribution in [0, 0.1) is 0 Å². The molecule has 0 atom stereocenters. The first-order valence-electron chi connectivity index (χ1n) is 5.88. The molecular formula is C14H10N4O2. The van der Waals surface area contributed by atoms with E-state index in [-0.39, 0.29) is 11.4 Å². The number of carbonyl (C=O) groups is 1. The van der Waals surface area contributed by atoms with Crippen LogP contribution in [0.2, 0.25) is 0 Å². The summed E-state index contributed by atoms with van der Waals surface area (Å²) < 4.78 is 0. The van der Waals surface area contributed by atoms with Crippen molar-refractivity contribution in [2.24, 2.45) is 16.0 Å². The van der Waals surface area contributed by atoms with Crippen LogP contribution in [0.15, 0.2) is 52.8 Å². The predicted octanol–water partition coefficient (Wildman–Crippen LogP) is 3.26. The maximum Gasteiger partial charge on any atom is 0.356 e. The lowest BCUT2D eigenvalue weighted by atomic mass is 10.0. The van der Waals surface area contributed by atoms with E-state index >= 15 is 0 Å². The van der Waals surface area contributed by atoms with Crippen molar-refractivity contribution >= 4 is 33.4 Å². The SMILES string of the molecule is NC(=O)N=Nc1c(O)c2cccnc2c2ccccc12. The summed E-state index contributed by atoms with van der Waals surface area (Å²) in [4.78, 5) is 15.0.